The number of esters is 1. The van der Waals surface area contributed by atoms with Crippen molar-refractivity contribution in [2.24, 2.45) is 0 Å². The summed E-state index contributed by atoms with van der Waals surface area (Å²) in [6.45, 7) is 1.78. The first-order chi connectivity index (χ1) is 12.4. The van der Waals surface area contributed by atoms with Gasteiger partial charge in [-0.2, -0.15) is 4.31 Å². The van der Waals surface area contributed by atoms with Crippen LogP contribution in [0.4, 0.5) is 0 Å². The highest BCUT2D eigenvalue weighted by Crippen LogP contribution is 2.26. The van der Waals surface area contributed by atoms with Gasteiger partial charge in [-0.15, -0.1) is 0 Å². The van der Waals surface area contributed by atoms with Crippen molar-refractivity contribution in [3.05, 3.63) is 29.8 Å². The van der Waals surface area contributed by atoms with E-state index in [0.29, 0.717) is 12.8 Å². The van der Waals surface area contributed by atoms with E-state index in [9.17, 15) is 18.0 Å². The van der Waals surface area contributed by atoms with E-state index in [2.05, 4.69) is 5.32 Å². The molecule has 0 unspecified atom stereocenters. The maximum absolute atomic E-state index is 12.9. The van der Waals surface area contributed by atoms with E-state index in [-0.39, 0.29) is 30.0 Å². The van der Waals surface area contributed by atoms with Crippen LogP contribution >= 0.6 is 0 Å². The van der Waals surface area contributed by atoms with Crippen LogP contribution in [0.1, 0.15) is 37.7 Å². The molecule has 7 nitrogen and oxygen atoms in total. The van der Waals surface area contributed by atoms with Gasteiger partial charge in [0.25, 0.3) is 5.91 Å². The summed E-state index contributed by atoms with van der Waals surface area (Å²) >= 11 is 0. The number of sulfonamides is 1. The fraction of sp³-hybridized carbons (Fsp3) is 0.556. The Kier molecular flexibility index (Phi) is 5.62. The SMILES string of the molecule is Cc1ccc(S(=O)(=O)N2CCCC[C@H]2C(=O)OCC(=O)NC2CC2)cc1. The predicted molar refractivity (Wildman–Crippen MR) is 94.8 cm³/mol. The Morgan fingerprint density at radius 1 is 1.15 bits per heavy atom. The van der Waals surface area contributed by atoms with Gasteiger partial charge in [-0.05, 0) is 51.2 Å². The van der Waals surface area contributed by atoms with Crippen molar-refractivity contribution in [2.75, 3.05) is 13.2 Å². The zero-order valence-electron chi connectivity index (χ0n) is 14.8. The lowest BCUT2D eigenvalue weighted by atomic mass is 10.1. The Labute approximate surface area is 153 Å². The molecule has 1 aliphatic carbocycles. The molecule has 1 amide bonds. The minimum atomic E-state index is -3.79. The third-order valence-electron chi connectivity index (χ3n) is 4.64. The first kappa shape index (κ1) is 18.8. The third-order valence-corrected chi connectivity index (χ3v) is 6.56. The number of aryl methyl sites for hydroxylation is 1. The third kappa shape index (κ3) is 4.42. The summed E-state index contributed by atoms with van der Waals surface area (Å²) < 4.78 is 32.2. The van der Waals surface area contributed by atoms with Crippen LogP contribution in [0, 0.1) is 6.92 Å². The Morgan fingerprint density at radius 2 is 1.85 bits per heavy atom. The lowest BCUT2D eigenvalue weighted by Crippen LogP contribution is -2.49. The van der Waals surface area contributed by atoms with Gasteiger partial charge in [-0.3, -0.25) is 9.59 Å². The van der Waals surface area contributed by atoms with E-state index < -0.39 is 22.0 Å². The van der Waals surface area contributed by atoms with Crippen molar-refractivity contribution in [3.8, 4) is 0 Å². The summed E-state index contributed by atoms with van der Waals surface area (Å²) in [4.78, 5) is 24.3. The summed E-state index contributed by atoms with van der Waals surface area (Å²) in [7, 11) is -3.79. The number of nitrogens with zero attached hydrogens (tertiary/aromatic N) is 1. The number of benzene rings is 1. The maximum Gasteiger partial charge on any atom is 0.324 e. The number of carbonyl (C=O) groups excluding carboxylic acids is 2. The van der Waals surface area contributed by atoms with Crippen LogP contribution in [0.2, 0.25) is 0 Å². The minimum Gasteiger partial charge on any atom is -0.454 e. The molecule has 0 radical (unpaired) electrons. The van der Waals surface area contributed by atoms with Crippen LogP contribution in [0.15, 0.2) is 29.2 Å². The number of nitrogens with one attached hydrogen (secondary N) is 1. The molecule has 0 bridgehead atoms. The van der Waals surface area contributed by atoms with Gasteiger partial charge in [0.1, 0.15) is 6.04 Å². The van der Waals surface area contributed by atoms with Crippen LogP contribution in [-0.4, -0.2) is 49.8 Å². The van der Waals surface area contributed by atoms with Gasteiger partial charge < -0.3 is 10.1 Å². The molecule has 1 aromatic carbocycles. The quantitative estimate of drug-likeness (QED) is 0.752. The van der Waals surface area contributed by atoms with Gasteiger partial charge in [0.2, 0.25) is 10.0 Å². The van der Waals surface area contributed by atoms with E-state index in [1.807, 2.05) is 6.92 Å². The second-order valence-electron chi connectivity index (χ2n) is 6.89. The van der Waals surface area contributed by atoms with E-state index in [1.54, 1.807) is 24.3 Å². The van der Waals surface area contributed by atoms with Gasteiger partial charge >= 0.3 is 5.97 Å². The Morgan fingerprint density at radius 3 is 2.50 bits per heavy atom. The van der Waals surface area contributed by atoms with E-state index >= 15 is 0 Å². The summed E-state index contributed by atoms with van der Waals surface area (Å²) in [6.07, 6.45) is 3.73. The molecular weight excluding hydrogens is 356 g/mol. The molecule has 142 valence electrons. The van der Waals surface area contributed by atoms with Gasteiger partial charge in [0.15, 0.2) is 6.61 Å². The second kappa shape index (κ2) is 7.75. The zero-order chi connectivity index (χ0) is 18.7. The smallest absolute Gasteiger partial charge is 0.324 e. The van der Waals surface area contributed by atoms with Crippen molar-refractivity contribution < 1.29 is 22.7 Å². The molecule has 1 saturated carbocycles. The summed E-state index contributed by atoms with van der Waals surface area (Å²) in [6, 6.07) is 5.85. The normalized spacial score (nSPS) is 21.2. The molecular formula is C18H24N2O5S. The van der Waals surface area contributed by atoms with Crippen LogP contribution in [0.3, 0.4) is 0 Å². The number of amides is 1. The highest BCUT2D eigenvalue weighted by atomic mass is 32.2. The minimum absolute atomic E-state index is 0.161. The molecule has 3 rings (SSSR count). The zero-order valence-corrected chi connectivity index (χ0v) is 15.6. The Balaban J connectivity index is 1.69. The second-order valence-corrected chi connectivity index (χ2v) is 8.78. The van der Waals surface area contributed by atoms with Crippen molar-refractivity contribution in [1.29, 1.82) is 0 Å². The van der Waals surface area contributed by atoms with Gasteiger partial charge in [-0.1, -0.05) is 17.7 Å². The van der Waals surface area contributed by atoms with Gasteiger partial charge in [0, 0.05) is 12.6 Å². The Hall–Kier alpha value is -1.93. The molecule has 1 aliphatic heterocycles. The van der Waals surface area contributed by atoms with Crippen LogP contribution in [0.25, 0.3) is 0 Å². The molecule has 2 fully saturated rings. The standard InChI is InChI=1S/C18H24N2O5S/c1-13-5-9-15(10-6-13)26(23,24)20-11-3-2-4-16(20)18(22)25-12-17(21)19-14-7-8-14/h5-6,9-10,14,16H,2-4,7-8,11-12H2,1H3,(H,19,21)/t16-/m0/s1. The Bertz CT molecular complexity index is 771. The monoisotopic (exact) mass is 380 g/mol. The summed E-state index contributed by atoms with van der Waals surface area (Å²) in [5, 5.41) is 2.74. The first-order valence-electron chi connectivity index (χ1n) is 8.92. The number of piperidine rings is 1. The summed E-state index contributed by atoms with van der Waals surface area (Å²) in [5.74, 6) is -1.00. The molecule has 8 heteroatoms. The number of carbonyl (C=O) groups is 2. The number of rotatable bonds is 6. The molecule has 26 heavy (non-hydrogen) atoms. The van der Waals surface area contributed by atoms with Crippen molar-refractivity contribution >= 4 is 21.9 Å². The molecule has 1 atom stereocenters. The lowest BCUT2D eigenvalue weighted by Gasteiger charge is -2.33. The van der Waals surface area contributed by atoms with Crippen molar-refractivity contribution in [2.45, 2.75) is 56.0 Å². The van der Waals surface area contributed by atoms with Crippen molar-refractivity contribution in [3.63, 3.8) is 0 Å². The van der Waals surface area contributed by atoms with Crippen LogP contribution in [0.5, 0.6) is 0 Å². The predicted octanol–water partition coefficient (Wildman–Crippen LogP) is 1.36. The van der Waals surface area contributed by atoms with Crippen LogP contribution in [-0.2, 0) is 24.3 Å². The van der Waals surface area contributed by atoms with E-state index in [0.717, 1.165) is 24.8 Å². The van der Waals surface area contributed by atoms with E-state index in [4.69, 9.17) is 4.74 Å². The lowest BCUT2D eigenvalue weighted by molar-refractivity contribution is -0.153. The molecule has 1 N–H and O–H groups in total. The number of hydrogen-bond donors (Lipinski definition) is 1. The van der Waals surface area contributed by atoms with E-state index in [1.165, 1.54) is 4.31 Å². The molecule has 1 saturated heterocycles. The number of hydrogen-bond acceptors (Lipinski definition) is 5. The molecule has 0 aromatic heterocycles. The molecule has 1 aromatic rings. The molecule has 1 heterocycles. The molecule has 0 spiro atoms. The average Bonchev–Trinajstić information content (AvgIpc) is 3.44. The van der Waals surface area contributed by atoms with Gasteiger partial charge in [-0.25, -0.2) is 8.42 Å². The maximum atomic E-state index is 12.9. The fourth-order valence-corrected chi connectivity index (χ4v) is 4.65. The van der Waals surface area contributed by atoms with Crippen LogP contribution < -0.4 is 5.32 Å². The highest BCUT2D eigenvalue weighted by molar-refractivity contribution is 7.89. The van der Waals surface area contributed by atoms with Gasteiger partial charge in [0.05, 0.1) is 4.90 Å². The number of ether oxygens (including phenoxy) is 1. The summed E-state index contributed by atoms with van der Waals surface area (Å²) in [5.41, 5.74) is 0.959. The first-order valence-corrected chi connectivity index (χ1v) is 10.4. The van der Waals surface area contributed by atoms with Crippen molar-refractivity contribution in [1.82, 2.24) is 9.62 Å². The molecule has 2 aliphatic rings. The largest absolute Gasteiger partial charge is 0.454 e. The fourth-order valence-electron chi connectivity index (χ4n) is 3.00. The highest BCUT2D eigenvalue weighted by Gasteiger charge is 2.38. The topological polar surface area (TPSA) is 92.8 Å². The average molecular weight is 380 g/mol.